The quantitative estimate of drug-likeness (QED) is 0.837. The van der Waals surface area contributed by atoms with Crippen molar-refractivity contribution in [2.75, 3.05) is 18.5 Å². The minimum atomic E-state index is 0.724. The summed E-state index contributed by atoms with van der Waals surface area (Å²) in [7, 11) is 2.26. The lowest BCUT2D eigenvalue weighted by Crippen LogP contribution is -2.31. The largest absolute Gasteiger partial charge is 0.371 e. The molecule has 2 heteroatoms. The van der Waals surface area contributed by atoms with Gasteiger partial charge in [0.1, 0.15) is 0 Å². The summed E-state index contributed by atoms with van der Waals surface area (Å²) in [6.07, 6.45) is 9.28. The van der Waals surface area contributed by atoms with E-state index >= 15 is 0 Å². The second-order valence-electron chi connectivity index (χ2n) is 5.92. The first-order valence-corrected chi connectivity index (χ1v) is 7.75. The molecule has 0 spiro atoms. The summed E-state index contributed by atoms with van der Waals surface area (Å²) in [6.45, 7) is 2.96. The molecular weight excluding hydrogens is 232 g/mol. The molecule has 0 saturated heterocycles. The molecular formula is C17H28N2. The Morgan fingerprint density at radius 2 is 1.84 bits per heavy atom. The van der Waals surface area contributed by atoms with E-state index < -0.39 is 0 Å². The van der Waals surface area contributed by atoms with Crippen LogP contribution in [0.15, 0.2) is 18.2 Å². The zero-order chi connectivity index (χ0) is 13.7. The lowest BCUT2D eigenvalue weighted by molar-refractivity contribution is 0.552. The van der Waals surface area contributed by atoms with Crippen molar-refractivity contribution in [2.24, 2.45) is 5.73 Å². The molecule has 2 nitrogen and oxygen atoms in total. The second-order valence-corrected chi connectivity index (χ2v) is 5.92. The van der Waals surface area contributed by atoms with Crippen molar-refractivity contribution < 1.29 is 0 Å². The number of benzene rings is 1. The zero-order valence-corrected chi connectivity index (χ0v) is 12.5. The summed E-state index contributed by atoms with van der Waals surface area (Å²) in [5, 5.41) is 0. The molecule has 0 amide bonds. The summed E-state index contributed by atoms with van der Waals surface area (Å²) >= 11 is 0. The van der Waals surface area contributed by atoms with Gasteiger partial charge >= 0.3 is 0 Å². The van der Waals surface area contributed by atoms with Gasteiger partial charge in [-0.15, -0.1) is 0 Å². The molecule has 0 aliphatic heterocycles. The van der Waals surface area contributed by atoms with Crippen LogP contribution in [0.3, 0.4) is 0 Å². The topological polar surface area (TPSA) is 29.3 Å². The van der Waals surface area contributed by atoms with Crippen LogP contribution in [0.4, 0.5) is 5.69 Å². The molecule has 2 N–H and O–H groups in total. The van der Waals surface area contributed by atoms with Crippen LogP contribution in [0.2, 0.25) is 0 Å². The maximum atomic E-state index is 5.63. The highest BCUT2D eigenvalue weighted by Gasteiger charge is 2.18. The third kappa shape index (κ3) is 3.73. The zero-order valence-electron chi connectivity index (χ0n) is 12.5. The van der Waals surface area contributed by atoms with Gasteiger partial charge in [0.05, 0.1) is 0 Å². The van der Waals surface area contributed by atoms with Crippen LogP contribution in [0.25, 0.3) is 0 Å². The first-order chi connectivity index (χ1) is 9.22. The smallest absolute Gasteiger partial charge is 0.0396 e. The number of anilines is 1. The first-order valence-electron chi connectivity index (χ1n) is 7.75. The summed E-state index contributed by atoms with van der Waals surface area (Å²) in [4.78, 5) is 2.51. The molecule has 1 fully saturated rings. The molecule has 0 bridgehead atoms. The van der Waals surface area contributed by atoms with E-state index in [1.807, 2.05) is 0 Å². The second kappa shape index (κ2) is 6.95. The van der Waals surface area contributed by atoms with E-state index in [0.29, 0.717) is 0 Å². The standard InChI is InChI=1S/C17H28N2/c1-14-13-15(11-12-18)9-10-17(14)19(2)16-7-5-3-4-6-8-16/h9-10,13,16H,3-8,11-12,18H2,1-2H3. The SMILES string of the molecule is Cc1cc(CCN)ccc1N(C)C1CCCCCC1. The van der Waals surface area contributed by atoms with Crippen molar-refractivity contribution in [3.05, 3.63) is 29.3 Å². The summed E-state index contributed by atoms with van der Waals surface area (Å²) in [5.41, 5.74) is 9.77. The molecule has 1 aromatic rings. The van der Waals surface area contributed by atoms with Gasteiger partial charge in [-0.05, 0) is 49.9 Å². The van der Waals surface area contributed by atoms with Crippen LogP contribution in [-0.2, 0) is 6.42 Å². The van der Waals surface area contributed by atoms with Gasteiger partial charge in [0.25, 0.3) is 0 Å². The Hall–Kier alpha value is -1.02. The van der Waals surface area contributed by atoms with Gasteiger partial charge in [0, 0.05) is 18.8 Å². The lowest BCUT2D eigenvalue weighted by atomic mass is 10.0. The van der Waals surface area contributed by atoms with Gasteiger partial charge in [-0.25, -0.2) is 0 Å². The first kappa shape index (κ1) is 14.4. The number of hydrogen-bond donors (Lipinski definition) is 1. The van der Waals surface area contributed by atoms with Crippen LogP contribution in [0, 0.1) is 6.92 Å². The summed E-state index contributed by atoms with van der Waals surface area (Å²) < 4.78 is 0. The fraction of sp³-hybridized carbons (Fsp3) is 0.647. The number of nitrogens with two attached hydrogens (primary N) is 1. The highest BCUT2D eigenvalue weighted by atomic mass is 15.1. The van der Waals surface area contributed by atoms with E-state index in [4.69, 9.17) is 5.73 Å². The average Bonchev–Trinajstić information content (AvgIpc) is 2.67. The van der Waals surface area contributed by atoms with Crippen LogP contribution < -0.4 is 10.6 Å². The predicted molar refractivity (Wildman–Crippen MR) is 83.8 cm³/mol. The highest BCUT2D eigenvalue weighted by molar-refractivity contribution is 5.54. The van der Waals surface area contributed by atoms with Crippen molar-refractivity contribution in [1.82, 2.24) is 0 Å². The van der Waals surface area contributed by atoms with Crippen LogP contribution in [0.5, 0.6) is 0 Å². The van der Waals surface area contributed by atoms with Crippen molar-refractivity contribution in [2.45, 2.75) is 57.9 Å². The van der Waals surface area contributed by atoms with Gasteiger partial charge in [-0.2, -0.15) is 0 Å². The Balaban J connectivity index is 2.11. The maximum Gasteiger partial charge on any atom is 0.0396 e. The number of hydrogen-bond acceptors (Lipinski definition) is 2. The molecule has 0 aromatic heterocycles. The fourth-order valence-electron chi connectivity index (χ4n) is 3.28. The molecule has 0 heterocycles. The molecule has 1 aromatic carbocycles. The van der Waals surface area contributed by atoms with Crippen LogP contribution in [0.1, 0.15) is 49.7 Å². The monoisotopic (exact) mass is 260 g/mol. The maximum absolute atomic E-state index is 5.63. The Morgan fingerprint density at radius 1 is 1.16 bits per heavy atom. The Morgan fingerprint density at radius 3 is 2.42 bits per heavy atom. The normalized spacial score (nSPS) is 17.2. The number of aryl methyl sites for hydroxylation is 1. The predicted octanol–water partition coefficient (Wildman–Crippen LogP) is 3.66. The van der Waals surface area contributed by atoms with E-state index in [1.54, 1.807) is 0 Å². The minimum absolute atomic E-state index is 0.724. The molecule has 2 rings (SSSR count). The molecule has 19 heavy (non-hydrogen) atoms. The van der Waals surface area contributed by atoms with Crippen molar-refractivity contribution in [3.63, 3.8) is 0 Å². The Bertz CT molecular complexity index is 392. The van der Waals surface area contributed by atoms with E-state index in [-0.39, 0.29) is 0 Å². The Kier molecular flexibility index (Phi) is 5.26. The van der Waals surface area contributed by atoms with Gasteiger partial charge in [-0.3, -0.25) is 0 Å². The average molecular weight is 260 g/mol. The van der Waals surface area contributed by atoms with Crippen LogP contribution in [-0.4, -0.2) is 19.6 Å². The third-order valence-electron chi connectivity index (χ3n) is 4.45. The molecule has 1 aliphatic rings. The number of rotatable bonds is 4. The Labute approximate surface area is 118 Å². The van der Waals surface area contributed by atoms with Gasteiger partial charge < -0.3 is 10.6 Å². The summed E-state index contributed by atoms with van der Waals surface area (Å²) in [5.74, 6) is 0. The molecule has 1 saturated carbocycles. The van der Waals surface area contributed by atoms with E-state index in [1.165, 1.54) is 55.3 Å². The third-order valence-corrected chi connectivity index (χ3v) is 4.45. The van der Waals surface area contributed by atoms with Crippen molar-refractivity contribution in [1.29, 1.82) is 0 Å². The minimum Gasteiger partial charge on any atom is -0.371 e. The molecule has 0 radical (unpaired) electrons. The molecule has 106 valence electrons. The molecule has 0 unspecified atom stereocenters. The van der Waals surface area contributed by atoms with Crippen molar-refractivity contribution >= 4 is 5.69 Å². The summed E-state index contributed by atoms with van der Waals surface area (Å²) in [6, 6.07) is 7.55. The lowest BCUT2D eigenvalue weighted by Gasteiger charge is -2.31. The molecule has 0 atom stereocenters. The van der Waals surface area contributed by atoms with Crippen molar-refractivity contribution in [3.8, 4) is 0 Å². The highest BCUT2D eigenvalue weighted by Crippen LogP contribution is 2.28. The van der Waals surface area contributed by atoms with Gasteiger partial charge in [0.15, 0.2) is 0 Å². The van der Waals surface area contributed by atoms with Gasteiger partial charge in [0.2, 0.25) is 0 Å². The fourth-order valence-corrected chi connectivity index (χ4v) is 3.28. The van der Waals surface area contributed by atoms with Crippen LogP contribution >= 0.6 is 0 Å². The van der Waals surface area contributed by atoms with E-state index in [9.17, 15) is 0 Å². The van der Waals surface area contributed by atoms with Gasteiger partial charge in [-0.1, -0.05) is 37.8 Å². The molecule has 1 aliphatic carbocycles. The van der Waals surface area contributed by atoms with E-state index in [0.717, 1.165) is 19.0 Å². The van der Waals surface area contributed by atoms with E-state index in [2.05, 4.69) is 37.1 Å². The number of nitrogens with zero attached hydrogens (tertiary/aromatic N) is 1.